The first-order valence-corrected chi connectivity index (χ1v) is 7.05. The minimum atomic E-state index is -0.0199. The van der Waals surface area contributed by atoms with Gasteiger partial charge in [-0.05, 0) is 43.5 Å². The zero-order chi connectivity index (χ0) is 14.8. The number of anilines is 2. The summed E-state index contributed by atoms with van der Waals surface area (Å²) in [5.74, 6) is 5.83. The molecule has 0 spiro atoms. The van der Waals surface area contributed by atoms with Crippen LogP contribution in [0.5, 0.6) is 0 Å². The number of pyridine rings is 1. The second-order valence-corrected chi connectivity index (χ2v) is 5.27. The van der Waals surface area contributed by atoms with Gasteiger partial charge in [-0.2, -0.15) is 0 Å². The Hall–Kier alpha value is -2.40. The van der Waals surface area contributed by atoms with E-state index in [1.807, 2.05) is 23.1 Å². The fourth-order valence-electron chi connectivity index (χ4n) is 2.78. The van der Waals surface area contributed by atoms with Crippen LogP contribution < -0.4 is 16.2 Å². The number of fused-ring (bicyclic) bond motifs is 1. The molecule has 1 unspecified atom stereocenters. The zero-order valence-electron chi connectivity index (χ0n) is 11.9. The van der Waals surface area contributed by atoms with Crippen molar-refractivity contribution in [2.45, 2.75) is 25.8 Å². The van der Waals surface area contributed by atoms with Crippen molar-refractivity contribution in [2.75, 3.05) is 10.3 Å². The monoisotopic (exact) mass is 282 g/mol. The number of nitrogens with zero attached hydrogens (tertiary/aromatic N) is 2. The molecule has 0 saturated carbocycles. The second kappa shape index (κ2) is 5.54. The van der Waals surface area contributed by atoms with E-state index in [-0.39, 0.29) is 11.9 Å². The molecule has 108 valence electrons. The van der Waals surface area contributed by atoms with Crippen LogP contribution in [0.2, 0.25) is 0 Å². The maximum atomic E-state index is 12.9. The normalized spacial score (nSPS) is 17.2. The molecule has 0 saturated heterocycles. The molecule has 1 atom stereocenters. The molecule has 0 radical (unpaired) electrons. The van der Waals surface area contributed by atoms with Crippen molar-refractivity contribution in [3.63, 3.8) is 0 Å². The lowest BCUT2D eigenvalue weighted by atomic mass is 9.96. The molecule has 21 heavy (non-hydrogen) atoms. The summed E-state index contributed by atoms with van der Waals surface area (Å²) in [5, 5.41) is 0. The summed E-state index contributed by atoms with van der Waals surface area (Å²) in [6, 6.07) is 11.6. The number of carbonyl (C=O) groups is 1. The second-order valence-electron chi connectivity index (χ2n) is 5.27. The van der Waals surface area contributed by atoms with Gasteiger partial charge in [0.15, 0.2) is 0 Å². The van der Waals surface area contributed by atoms with E-state index < -0.39 is 0 Å². The number of nitrogen functional groups attached to an aromatic ring is 1. The number of amides is 1. The van der Waals surface area contributed by atoms with E-state index in [9.17, 15) is 4.79 Å². The Balaban J connectivity index is 2.00. The van der Waals surface area contributed by atoms with Gasteiger partial charge in [0.2, 0.25) is 0 Å². The predicted octanol–water partition coefficient (Wildman–Crippen LogP) is 2.35. The Morgan fingerprint density at radius 1 is 1.38 bits per heavy atom. The molecule has 2 heterocycles. The molecule has 3 N–H and O–H groups in total. The molecule has 1 aromatic carbocycles. The van der Waals surface area contributed by atoms with Crippen molar-refractivity contribution in [1.82, 2.24) is 4.98 Å². The molecule has 0 aliphatic carbocycles. The Labute approximate surface area is 123 Å². The third-order valence-corrected chi connectivity index (χ3v) is 3.90. The maximum absolute atomic E-state index is 12.9. The first-order chi connectivity index (χ1) is 10.2. The van der Waals surface area contributed by atoms with Crippen LogP contribution in [0.4, 0.5) is 11.5 Å². The van der Waals surface area contributed by atoms with Crippen LogP contribution in [-0.4, -0.2) is 16.9 Å². The Morgan fingerprint density at radius 2 is 2.19 bits per heavy atom. The maximum Gasteiger partial charge on any atom is 0.258 e. The van der Waals surface area contributed by atoms with Crippen LogP contribution in [0.1, 0.15) is 29.3 Å². The summed E-state index contributed by atoms with van der Waals surface area (Å²) >= 11 is 0. The quantitative estimate of drug-likeness (QED) is 0.655. The van der Waals surface area contributed by atoms with E-state index in [0.717, 1.165) is 18.5 Å². The standard InChI is InChI=1S/C16H18N4O/c1-11-6-7-12-4-2-3-5-14(12)20(11)16(21)13-8-9-18-15(10-13)19-17/h2-5,8-11H,6-7,17H2,1H3,(H,18,19). The van der Waals surface area contributed by atoms with E-state index in [1.165, 1.54) is 5.56 Å². The highest BCUT2D eigenvalue weighted by Crippen LogP contribution is 2.31. The van der Waals surface area contributed by atoms with Gasteiger partial charge in [-0.25, -0.2) is 10.8 Å². The number of nitrogens with one attached hydrogen (secondary N) is 1. The third-order valence-electron chi connectivity index (χ3n) is 3.90. The van der Waals surface area contributed by atoms with Crippen LogP contribution in [0.25, 0.3) is 0 Å². The summed E-state index contributed by atoms with van der Waals surface area (Å²) in [6.07, 6.45) is 3.56. The first-order valence-electron chi connectivity index (χ1n) is 7.05. The number of aromatic nitrogens is 1. The van der Waals surface area contributed by atoms with E-state index in [2.05, 4.69) is 23.4 Å². The number of carbonyl (C=O) groups excluding carboxylic acids is 1. The van der Waals surface area contributed by atoms with Gasteiger partial charge in [-0.1, -0.05) is 18.2 Å². The summed E-state index contributed by atoms with van der Waals surface area (Å²) < 4.78 is 0. The fourth-order valence-corrected chi connectivity index (χ4v) is 2.78. The average Bonchev–Trinajstić information content (AvgIpc) is 2.54. The molecule has 3 rings (SSSR count). The Morgan fingerprint density at radius 3 is 3.00 bits per heavy atom. The Bertz CT molecular complexity index is 671. The molecule has 5 nitrogen and oxygen atoms in total. The van der Waals surface area contributed by atoms with Gasteiger partial charge >= 0.3 is 0 Å². The lowest BCUT2D eigenvalue weighted by Gasteiger charge is -2.35. The molecule has 0 fully saturated rings. The van der Waals surface area contributed by atoms with Crippen molar-refractivity contribution in [1.29, 1.82) is 0 Å². The van der Waals surface area contributed by atoms with Crippen LogP contribution in [-0.2, 0) is 6.42 Å². The molecule has 1 aliphatic heterocycles. The topological polar surface area (TPSA) is 71.2 Å². The number of hydrazine groups is 1. The van der Waals surface area contributed by atoms with Crippen molar-refractivity contribution < 1.29 is 4.79 Å². The molecule has 1 amide bonds. The van der Waals surface area contributed by atoms with Crippen LogP contribution >= 0.6 is 0 Å². The van der Waals surface area contributed by atoms with Crippen molar-refractivity contribution in [2.24, 2.45) is 5.84 Å². The number of rotatable bonds is 2. The largest absolute Gasteiger partial charge is 0.308 e. The number of hydrogen-bond donors (Lipinski definition) is 2. The van der Waals surface area contributed by atoms with E-state index >= 15 is 0 Å². The van der Waals surface area contributed by atoms with Gasteiger partial charge in [0.25, 0.3) is 5.91 Å². The zero-order valence-corrected chi connectivity index (χ0v) is 11.9. The molecule has 2 aromatic rings. The highest BCUT2D eigenvalue weighted by Gasteiger charge is 2.28. The summed E-state index contributed by atoms with van der Waals surface area (Å²) in [4.78, 5) is 18.8. The van der Waals surface area contributed by atoms with Crippen LogP contribution in [0.3, 0.4) is 0 Å². The van der Waals surface area contributed by atoms with Crippen molar-refractivity contribution in [3.05, 3.63) is 53.7 Å². The smallest absolute Gasteiger partial charge is 0.258 e. The number of aryl methyl sites for hydroxylation is 1. The third kappa shape index (κ3) is 2.48. The minimum absolute atomic E-state index is 0.0199. The van der Waals surface area contributed by atoms with Gasteiger partial charge in [-0.15, -0.1) is 0 Å². The van der Waals surface area contributed by atoms with Crippen LogP contribution in [0.15, 0.2) is 42.6 Å². The minimum Gasteiger partial charge on any atom is -0.308 e. The van der Waals surface area contributed by atoms with Gasteiger partial charge < -0.3 is 10.3 Å². The van der Waals surface area contributed by atoms with E-state index in [1.54, 1.807) is 18.3 Å². The fraction of sp³-hybridized carbons (Fsp3) is 0.250. The van der Waals surface area contributed by atoms with Gasteiger partial charge in [0.05, 0.1) is 0 Å². The Kier molecular flexibility index (Phi) is 3.58. The number of benzene rings is 1. The van der Waals surface area contributed by atoms with E-state index in [4.69, 9.17) is 5.84 Å². The summed E-state index contributed by atoms with van der Waals surface area (Å²) in [5.41, 5.74) is 5.28. The molecule has 1 aromatic heterocycles. The molecular weight excluding hydrogens is 264 g/mol. The predicted molar refractivity (Wildman–Crippen MR) is 83.1 cm³/mol. The van der Waals surface area contributed by atoms with E-state index in [0.29, 0.717) is 11.4 Å². The van der Waals surface area contributed by atoms with Crippen LogP contribution in [0, 0.1) is 0 Å². The summed E-state index contributed by atoms with van der Waals surface area (Å²) in [7, 11) is 0. The van der Waals surface area contributed by atoms with Crippen molar-refractivity contribution in [3.8, 4) is 0 Å². The van der Waals surface area contributed by atoms with Gasteiger partial charge in [0, 0.05) is 23.5 Å². The van der Waals surface area contributed by atoms with Gasteiger partial charge in [-0.3, -0.25) is 4.79 Å². The molecule has 0 bridgehead atoms. The lowest BCUT2D eigenvalue weighted by Crippen LogP contribution is -2.42. The first kappa shape index (κ1) is 13.6. The molecule has 5 heteroatoms. The average molecular weight is 282 g/mol. The summed E-state index contributed by atoms with van der Waals surface area (Å²) in [6.45, 7) is 2.08. The number of hydrogen-bond acceptors (Lipinski definition) is 4. The SMILES string of the molecule is CC1CCc2ccccc2N1C(=O)c1ccnc(NN)c1. The highest BCUT2D eigenvalue weighted by atomic mass is 16.2. The molecule has 1 aliphatic rings. The lowest BCUT2D eigenvalue weighted by molar-refractivity contribution is 0.0975. The number of nitrogens with two attached hydrogens (primary N) is 1. The molecular formula is C16H18N4O. The van der Waals surface area contributed by atoms with Gasteiger partial charge in [0.1, 0.15) is 5.82 Å². The highest BCUT2D eigenvalue weighted by molar-refractivity contribution is 6.07. The number of para-hydroxylation sites is 1. The van der Waals surface area contributed by atoms with Crippen molar-refractivity contribution >= 4 is 17.4 Å².